The van der Waals surface area contributed by atoms with Crippen molar-refractivity contribution in [2.45, 2.75) is 67.3 Å². The van der Waals surface area contributed by atoms with Gasteiger partial charge in [-0.2, -0.15) is 5.48 Å². The molecule has 0 aromatic rings. The topological polar surface area (TPSA) is 21.3 Å². The fraction of sp³-hybridized carbons (Fsp3) is 0.765. The summed E-state index contributed by atoms with van der Waals surface area (Å²) in [4.78, 5) is 5.88. The van der Waals surface area contributed by atoms with Gasteiger partial charge in [0.15, 0.2) is 0 Å². The molecule has 1 aliphatic carbocycles. The van der Waals surface area contributed by atoms with Crippen LogP contribution in [0, 0.1) is 16.7 Å². The Morgan fingerprint density at radius 2 is 1.74 bits per heavy atom. The first-order valence-corrected chi connectivity index (χ1v) is 7.47. The van der Waals surface area contributed by atoms with Crippen LogP contribution >= 0.6 is 0 Å². The maximum atomic E-state index is 5.88. The average molecular weight is 263 g/mol. The lowest BCUT2D eigenvalue weighted by atomic mass is 9.70. The summed E-state index contributed by atoms with van der Waals surface area (Å²) in [6, 6.07) is 0.439. The van der Waals surface area contributed by atoms with Crippen molar-refractivity contribution >= 4 is 0 Å². The molecule has 2 nitrogen and oxygen atoms in total. The number of nitrogens with one attached hydrogen (secondary N) is 1. The minimum Gasteiger partial charge on any atom is -0.412 e. The van der Waals surface area contributed by atoms with E-state index in [2.05, 4.69) is 60.0 Å². The molecule has 2 heteroatoms. The van der Waals surface area contributed by atoms with Gasteiger partial charge in [-0.3, -0.25) is 0 Å². The molecule has 2 rings (SSSR count). The Labute approximate surface area is 118 Å². The van der Waals surface area contributed by atoms with E-state index in [-0.39, 0.29) is 10.8 Å². The summed E-state index contributed by atoms with van der Waals surface area (Å²) in [5.74, 6) is 1.73. The Bertz CT molecular complexity index is 418. The summed E-state index contributed by atoms with van der Waals surface area (Å²) in [5.41, 5.74) is 6.46. The number of rotatable bonds is 0. The standard InChI is InChI=1S/C17H29NO/c1-11-8-12-9-13(16(2,3)4)10-14(17(5,6)7)15(12)19-18-11/h10-12,18H,8-9H2,1-7H3. The first-order valence-electron chi connectivity index (χ1n) is 7.47. The van der Waals surface area contributed by atoms with Crippen molar-refractivity contribution in [1.29, 1.82) is 0 Å². The highest BCUT2D eigenvalue weighted by Crippen LogP contribution is 2.46. The van der Waals surface area contributed by atoms with Crippen molar-refractivity contribution in [3.05, 3.63) is 23.0 Å². The molecule has 19 heavy (non-hydrogen) atoms. The molecule has 2 aliphatic rings. The molecule has 1 aliphatic heterocycles. The predicted molar refractivity (Wildman–Crippen MR) is 80.4 cm³/mol. The molecule has 0 bridgehead atoms. The van der Waals surface area contributed by atoms with Crippen molar-refractivity contribution in [2.24, 2.45) is 16.7 Å². The lowest BCUT2D eigenvalue weighted by Crippen LogP contribution is -2.39. The van der Waals surface area contributed by atoms with Crippen molar-refractivity contribution < 1.29 is 4.84 Å². The lowest BCUT2D eigenvalue weighted by molar-refractivity contribution is 0.00828. The normalized spacial score (nSPS) is 28.7. The fourth-order valence-electron chi connectivity index (χ4n) is 2.96. The van der Waals surface area contributed by atoms with Crippen LogP contribution in [0.25, 0.3) is 0 Å². The number of allylic oxidation sites excluding steroid dienone is 4. The molecular formula is C17H29NO. The van der Waals surface area contributed by atoms with Crippen LogP contribution < -0.4 is 5.48 Å². The second-order valence-electron chi connectivity index (χ2n) is 8.21. The molecule has 2 atom stereocenters. The second kappa shape index (κ2) is 4.66. The van der Waals surface area contributed by atoms with Crippen LogP contribution in [0.5, 0.6) is 0 Å². The molecule has 0 spiro atoms. The third kappa shape index (κ3) is 3.05. The Balaban J connectivity index is 2.46. The summed E-state index contributed by atoms with van der Waals surface area (Å²) >= 11 is 0. The van der Waals surface area contributed by atoms with Gasteiger partial charge in [0.25, 0.3) is 0 Å². The maximum absolute atomic E-state index is 5.88. The Morgan fingerprint density at radius 3 is 2.26 bits per heavy atom. The van der Waals surface area contributed by atoms with Crippen LogP contribution in [0.3, 0.4) is 0 Å². The van der Waals surface area contributed by atoms with Crippen molar-refractivity contribution in [2.75, 3.05) is 0 Å². The number of hydrogen-bond acceptors (Lipinski definition) is 2. The van der Waals surface area contributed by atoms with Crippen LogP contribution in [0.15, 0.2) is 23.0 Å². The highest BCUT2D eigenvalue weighted by atomic mass is 16.7. The molecule has 108 valence electrons. The van der Waals surface area contributed by atoms with Crippen molar-refractivity contribution in [3.8, 4) is 0 Å². The molecule has 0 aromatic carbocycles. The van der Waals surface area contributed by atoms with Crippen LogP contribution in [0.4, 0.5) is 0 Å². The quantitative estimate of drug-likeness (QED) is 0.690. The summed E-state index contributed by atoms with van der Waals surface area (Å²) < 4.78 is 0. The Kier molecular flexibility index (Phi) is 3.59. The largest absolute Gasteiger partial charge is 0.412 e. The van der Waals surface area contributed by atoms with Crippen molar-refractivity contribution in [1.82, 2.24) is 5.48 Å². The number of hydroxylamine groups is 1. The molecule has 1 N–H and O–H groups in total. The lowest BCUT2D eigenvalue weighted by Gasteiger charge is -2.40. The van der Waals surface area contributed by atoms with Gasteiger partial charge in [0, 0.05) is 12.0 Å². The first-order chi connectivity index (χ1) is 8.59. The monoisotopic (exact) mass is 263 g/mol. The molecule has 0 saturated carbocycles. The van der Waals surface area contributed by atoms with Gasteiger partial charge >= 0.3 is 0 Å². The molecule has 1 saturated heterocycles. The second-order valence-corrected chi connectivity index (χ2v) is 8.21. The summed E-state index contributed by atoms with van der Waals surface area (Å²) in [6.07, 6.45) is 4.70. The van der Waals surface area contributed by atoms with E-state index in [0.29, 0.717) is 12.0 Å². The van der Waals surface area contributed by atoms with E-state index in [4.69, 9.17) is 4.84 Å². The highest BCUT2D eigenvalue weighted by Gasteiger charge is 2.37. The van der Waals surface area contributed by atoms with Gasteiger partial charge in [0.1, 0.15) is 5.76 Å². The minimum atomic E-state index is 0.132. The number of fused-ring (bicyclic) bond motifs is 1. The Morgan fingerprint density at radius 1 is 1.11 bits per heavy atom. The van der Waals surface area contributed by atoms with E-state index >= 15 is 0 Å². The molecular weight excluding hydrogens is 234 g/mol. The third-order valence-electron chi connectivity index (χ3n) is 4.20. The van der Waals surface area contributed by atoms with Gasteiger partial charge in [-0.15, -0.1) is 0 Å². The summed E-state index contributed by atoms with van der Waals surface area (Å²) in [6.45, 7) is 16.0. The zero-order chi connectivity index (χ0) is 14.4. The molecule has 0 radical (unpaired) electrons. The van der Waals surface area contributed by atoms with Crippen LogP contribution in [0.2, 0.25) is 0 Å². The van der Waals surface area contributed by atoms with Gasteiger partial charge in [-0.1, -0.05) is 53.2 Å². The van der Waals surface area contributed by atoms with Gasteiger partial charge in [0.2, 0.25) is 0 Å². The molecule has 1 heterocycles. The van der Waals surface area contributed by atoms with E-state index in [1.54, 1.807) is 5.57 Å². The van der Waals surface area contributed by atoms with Gasteiger partial charge in [-0.05, 0) is 36.2 Å². The molecule has 1 fully saturated rings. The van der Waals surface area contributed by atoms with E-state index in [0.717, 1.165) is 6.42 Å². The molecule has 2 unspecified atom stereocenters. The predicted octanol–water partition coefficient (Wildman–Crippen LogP) is 4.59. The van der Waals surface area contributed by atoms with Crippen LogP contribution in [-0.2, 0) is 4.84 Å². The van der Waals surface area contributed by atoms with E-state index < -0.39 is 0 Å². The van der Waals surface area contributed by atoms with E-state index in [1.165, 1.54) is 17.8 Å². The fourth-order valence-corrected chi connectivity index (χ4v) is 2.96. The van der Waals surface area contributed by atoms with Crippen LogP contribution in [0.1, 0.15) is 61.3 Å². The average Bonchev–Trinajstić information content (AvgIpc) is 2.24. The maximum Gasteiger partial charge on any atom is 0.131 e. The smallest absolute Gasteiger partial charge is 0.131 e. The minimum absolute atomic E-state index is 0.132. The van der Waals surface area contributed by atoms with Gasteiger partial charge < -0.3 is 4.84 Å². The van der Waals surface area contributed by atoms with Gasteiger partial charge in [0.05, 0.1) is 0 Å². The van der Waals surface area contributed by atoms with Crippen molar-refractivity contribution in [3.63, 3.8) is 0 Å². The molecule has 0 aromatic heterocycles. The first kappa shape index (κ1) is 14.6. The van der Waals surface area contributed by atoms with Gasteiger partial charge in [-0.25, -0.2) is 0 Å². The summed E-state index contributed by atoms with van der Waals surface area (Å²) in [5, 5.41) is 0. The van der Waals surface area contributed by atoms with Crippen LogP contribution in [-0.4, -0.2) is 6.04 Å². The highest BCUT2D eigenvalue weighted by molar-refractivity contribution is 5.39. The zero-order valence-corrected chi connectivity index (χ0v) is 13.6. The summed E-state index contributed by atoms with van der Waals surface area (Å²) in [7, 11) is 0. The zero-order valence-electron chi connectivity index (χ0n) is 13.6. The number of hydrogen-bond donors (Lipinski definition) is 1. The third-order valence-corrected chi connectivity index (χ3v) is 4.20. The Hall–Kier alpha value is -0.760. The van der Waals surface area contributed by atoms with E-state index in [9.17, 15) is 0 Å². The van der Waals surface area contributed by atoms with E-state index in [1.807, 2.05) is 0 Å². The SMILES string of the molecule is CC1CC2CC(C(C)(C)C)=CC(C(C)(C)C)=C2ON1. The molecule has 0 amide bonds.